The summed E-state index contributed by atoms with van der Waals surface area (Å²) in [7, 11) is 1.55. The molecule has 0 atom stereocenters. The maximum Gasteiger partial charge on any atom is 0.293 e. The fourth-order valence-corrected chi connectivity index (χ4v) is 4.60. The zero-order valence-electron chi connectivity index (χ0n) is 19.8. The first-order valence-electron chi connectivity index (χ1n) is 11.3. The highest BCUT2D eigenvalue weighted by molar-refractivity contribution is 8.18. The summed E-state index contributed by atoms with van der Waals surface area (Å²) in [5, 5.41) is -0.475. The number of hydrogen-bond donors (Lipinski definition) is 0. The van der Waals surface area contributed by atoms with Gasteiger partial charge in [0.25, 0.3) is 11.1 Å². The van der Waals surface area contributed by atoms with E-state index in [1.54, 1.807) is 55.7 Å². The molecule has 0 saturated carbocycles. The van der Waals surface area contributed by atoms with Crippen molar-refractivity contribution in [2.24, 2.45) is 0 Å². The number of carbonyl (C=O) groups excluding carboxylic acids is 3. The number of benzene rings is 3. The second-order valence-corrected chi connectivity index (χ2v) is 9.03. The number of Topliss-reactive ketones (excluding diaryl/α,β-unsaturated/α-hetero) is 1. The van der Waals surface area contributed by atoms with Crippen LogP contribution in [0.1, 0.15) is 27.0 Å². The Bertz CT molecular complexity index is 1320. The van der Waals surface area contributed by atoms with E-state index < -0.39 is 11.1 Å². The largest absolute Gasteiger partial charge is 0.493 e. The third-order valence-corrected chi connectivity index (χ3v) is 6.44. The SMILES string of the molecule is C=CCc1cc(/C=C2\SC(=O)N(CC(=O)c3ccccc3)C2=O)cc(OC)c1OCc1ccccc1. The molecule has 1 fully saturated rings. The van der Waals surface area contributed by atoms with Gasteiger partial charge in [-0.1, -0.05) is 66.7 Å². The maximum absolute atomic E-state index is 13.0. The number of rotatable bonds is 10. The molecule has 1 heterocycles. The van der Waals surface area contributed by atoms with Gasteiger partial charge in [0.15, 0.2) is 17.3 Å². The van der Waals surface area contributed by atoms with Gasteiger partial charge in [0.1, 0.15) is 6.61 Å². The van der Waals surface area contributed by atoms with Gasteiger partial charge in [0.2, 0.25) is 0 Å². The number of imide groups is 1. The average Bonchev–Trinajstić information content (AvgIpc) is 3.16. The molecule has 3 aromatic carbocycles. The summed E-state index contributed by atoms with van der Waals surface area (Å²) in [6, 6.07) is 22.0. The highest BCUT2D eigenvalue weighted by atomic mass is 32.2. The fraction of sp³-hybridized carbons (Fsp3) is 0.138. The van der Waals surface area contributed by atoms with Crippen molar-refractivity contribution in [2.75, 3.05) is 13.7 Å². The molecule has 3 aromatic rings. The molecule has 6 nitrogen and oxygen atoms in total. The monoisotopic (exact) mass is 499 g/mol. The van der Waals surface area contributed by atoms with Crippen molar-refractivity contribution in [2.45, 2.75) is 13.0 Å². The minimum absolute atomic E-state index is 0.241. The van der Waals surface area contributed by atoms with Gasteiger partial charge in [0.05, 0.1) is 18.6 Å². The predicted octanol–water partition coefficient (Wildman–Crippen LogP) is 5.92. The Morgan fingerprint density at radius 3 is 2.39 bits per heavy atom. The predicted molar refractivity (Wildman–Crippen MR) is 141 cm³/mol. The highest BCUT2D eigenvalue weighted by Gasteiger charge is 2.36. The van der Waals surface area contributed by atoms with E-state index >= 15 is 0 Å². The number of thioether (sulfide) groups is 1. The number of hydrogen-bond acceptors (Lipinski definition) is 6. The van der Waals surface area contributed by atoms with Gasteiger partial charge < -0.3 is 9.47 Å². The number of carbonyl (C=O) groups is 3. The van der Waals surface area contributed by atoms with Crippen molar-refractivity contribution in [3.8, 4) is 11.5 Å². The Balaban J connectivity index is 1.57. The number of ketones is 1. The maximum atomic E-state index is 13.0. The summed E-state index contributed by atoms with van der Waals surface area (Å²) >= 11 is 0.812. The van der Waals surface area contributed by atoms with Crippen LogP contribution in [0.3, 0.4) is 0 Å². The number of amides is 2. The van der Waals surface area contributed by atoms with Crippen molar-refractivity contribution < 1.29 is 23.9 Å². The lowest BCUT2D eigenvalue weighted by Crippen LogP contribution is -2.33. The fourth-order valence-electron chi connectivity index (χ4n) is 3.77. The number of nitrogens with zero attached hydrogens (tertiary/aromatic N) is 1. The Hall–Kier alpha value is -4.10. The van der Waals surface area contributed by atoms with E-state index in [2.05, 4.69) is 6.58 Å². The first kappa shape index (κ1) is 25.0. The van der Waals surface area contributed by atoms with Crippen molar-refractivity contribution in [1.29, 1.82) is 0 Å². The molecule has 182 valence electrons. The molecule has 1 aliphatic rings. The number of methoxy groups -OCH3 is 1. The van der Waals surface area contributed by atoms with E-state index in [1.165, 1.54) is 0 Å². The Labute approximate surface area is 214 Å². The van der Waals surface area contributed by atoms with Crippen molar-refractivity contribution in [3.63, 3.8) is 0 Å². The molecule has 0 radical (unpaired) electrons. The summed E-state index contributed by atoms with van der Waals surface area (Å²) in [6.07, 6.45) is 3.92. The minimum Gasteiger partial charge on any atom is -0.493 e. The van der Waals surface area contributed by atoms with Crippen molar-refractivity contribution in [3.05, 3.63) is 113 Å². The average molecular weight is 500 g/mol. The molecule has 0 aromatic heterocycles. The van der Waals surface area contributed by atoms with Gasteiger partial charge in [-0.25, -0.2) is 0 Å². The molecule has 0 spiro atoms. The highest BCUT2D eigenvalue weighted by Crippen LogP contribution is 2.37. The first-order chi connectivity index (χ1) is 17.5. The third kappa shape index (κ3) is 5.75. The van der Waals surface area contributed by atoms with Crippen LogP contribution in [0.15, 0.2) is 90.4 Å². The van der Waals surface area contributed by atoms with Gasteiger partial charge in [-0.05, 0) is 47.5 Å². The summed E-state index contributed by atoms with van der Waals surface area (Å²) < 4.78 is 11.7. The van der Waals surface area contributed by atoms with E-state index in [9.17, 15) is 14.4 Å². The molecular weight excluding hydrogens is 474 g/mol. The van der Waals surface area contributed by atoms with E-state index in [4.69, 9.17) is 9.47 Å². The lowest BCUT2D eigenvalue weighted by atomic mass is 10.0. The van der Waals surface area contributed by atoms with Gasteiger partial charge in [-0.2, -0.15) is 0 Å². The summed E-state index contributed by atoms with van der Waals surface area (Å²) in [6.45, 7) is 3.90. The lowest BCUT2D eigenvalue weighted by molar-refractivity contribution is -0.122. The second kappa shape index (κ2) is 11.6. The normalized spacial score (nSPS) is 14.2. The van der Waals surface area contributed by atoms with Crippen LogP contribution < -0.4 is 9.47 Å². The van der Waals surface area contributed by atoms with Crippen molar-refractivity contribution >= 4 is 34.8 Å². The molecule has 7 heteroatoms. The van der Waals surface area contributed by atoms with Crippen LogP contribution in [-0.4, -0.2) is 35.5 Å². The van der Waals surface area contributed by atoms with Gasteiger partial charge in [0, 0.05) is 11.1 Å². The van der Waals surface area contributed by atoms with Crippen molar-refractivity contribution in [1.82, 2.24) is 4.90 Å². The Morgan fingerprint density at radius 2 is 1.72 bits per heavy atom. The molecular formula is C29H25NO5S. The van der Waals surface area contributed by atoms with E-state index in [0.29, 0.717) is 35.7 Å². The van der Waals surface area contributed by atoms with Crippen LogP contribution in [0.4, 0.5) is 4.79 Å². The second-order valence-electron chi connectivity index (χ2n) is 8.04. The molecule has 1 aliphatic heterocycles. The van der Waals surface area contributed by atoms with E-state index in [0.717, 1.165) is 27.8 Å². The molecule has 0 aliphatic carbocycles. The number of ether oxygens (including phenoxy) is 2. The number of allylic oxidation sites excluding steroid dienone is 1. The standard InChI is InChI=1S/C29H25NO5S/c1-3-10-23-15-21(16-25(34-2)27(23)35-19-20-11-6-4-7-12-20)17-26-28(32)30(29(33)36-26)18-24(31)22-13-8-5-9-14-22/h3-9,11-17H,1,10,18-19H2,2H3/b26-17-. The van der Waals surface area contributed by atoms with Crippen LogP contribution in [0.5, 0.6) is 11.5 Å². The topological polar surface area (TPSA) is 72.9 Å². The van der Waals surface area contributed by atoms with Crippen LogP contribution in [0.25, 0.3) is 6.08 Å². The lowest BCUT2D eigenvalue weighted by Gasteiger charge is -2.16. The summed E-state index contributed by atoms with van der Waals surface area (Å²) in [5.74, 6) is 0.312. The van der Waals surface area contributed by atoms with Gasteiger partial charge in [-0.3, -0.25) is 19.3 Å². The van der Waals surface area contributed by atoms with Gasteiger partial charge in [-0.15, -0.1) is 6.58 Å². The summed E-state index contributed by atoms with van der Waals surface area (Å²) in [4.78, 5) is 39.3. The molecule has 2 amide bonds. The minimum atomic E-state index is -0.497. The molecule has 0 N–H and O–H groups in total. The molecule has 1 saturated heterocycles. The quantitative estimate of drug-likeness (QED) is 0.196. The van der Waals surface area contributed by atoms with Crippen LogP contribution in [0.2, 0.25) is 0 Å². The van der Waals surface area contributed by atoms with Crippen LogP contribution in [0, 0.1) is 0 Å². The molecule has 4 rings (SSSR count). The summed E-state index contributed by atoms with van der Waals surface area (Å²) in [5.41, 5.74) is 2.98. The zero-order valence-corrected chi connectivity index (χ0v) is 20.6. The smallest absolute Gasteiger partial charge is 0.293 e. The molecule has 36 heavy (non-hydrogen) atoms. The van der Waals surface area contributed by atoms with Gasteiger partial charge >= 0.3 is 0 Å². The zero-order chi connectivity index (χ0) is 25.5. The van der Waals surface area contributed by atoms with E-state index in [1.807, 2.05) is 36.4 Å². The first-order valence-corrected chi connectivity index (χ1v) is 12.1. The van der Waals surface area contributed by atoms with Crippen LogP contribution >= 0.6 is 11.8 Å². The Kier molecular flexibility index (Phi) is 8.02. The molecule has 0 bridgehead atoms. The van der Waals surface area contributed by atoms with E-state index in [-0.39, 0.29) is 17.2 Å². The Morgan fingerprint density at radius 1 is 1.03 bits per heavy atom. The van der Waals surface area contributed by atoms with Crippen LogP contribution in [-0.2, 0) is 17.8 Å². The third-order valence-electron chi connectivity index (χ3n) is 5.53. The molecule has 0 unspecified atom stereocenters.